The normalized spacial score (nSPS) is 12.7. The number of thiophene rings is 1. The van der Waals surface area contributed by atoms with Crippen molar-refractivity contribution in [3.05, 3.63) is 52.0 Å². The SMILES string of the molecule is CNC(c1ccsc1)c1ccnc(C)c1. The summed E-state index contributed by atoms with van der Waals surface area (Å²) in [6, 6.07) is 6.62. The number of aromatic nitrogens is 1. The Bertz CT molecular complexity index is 423. The van der Waals surface area contributed by atoms with E-state index in [9.17, 15) is 0 Å². The van der Waals surface area contributed by atoms with Gasteiger partial charge in [0.1, 0.15) is 0 Å². The zero-order valence-corrected chi connectivity index (χ0v) is 9.71. The number of pyridine rings is 1. The molecule has 0 amide bonds. The molecule has 1 atom stereocenters. The molecule has 2 aromatic rings. The number of nitrogens with zero attached hydrogens (tertiary/aromatic N) is 1. The van der Waals surface area contributed by atoms with Crippen LogP contribution in [0.2, 0.25) is 0 Å². The van der Waals surface area contributed by atoms with Crippen LogP contribution in [0.1, 0.15) is 22.9 Å². The van der Waals surface area contributed by atoms with Gasteiger partial charge in [0.05, 0.1) is 6.04 Å². The lowest BCUT2D eigenvalue weighted by Gasteiger charge is -2.15. The van der Waals surface area contributed by atoms with Crippen molar-refractivity contribution in [2.45, 2.75) is 13.0 Å². The third-order valence-electron chi connectivity index (χ3n) is 2.42. The Morgan fingerprint density at radius 1 is 1.33 bits per heavy atom. The average Bonchev–Trinajstić information content (AvgIpc) is 2.72. The Kier molecular flexibility index (Phi) is 3.14. The van der Waals surface area contributed by atoms with E-state index in [1.165, 1.54) is 11.1 Å². The zero-order valence-electron chi connectivity index (χ0n) is 8.90. The molecule has 0 radical (unpaired) electrons. The fraction of sp³-hybridized carbons (Fsp3) is 0.250. The van der Waals surface area contributed by atoms with Crippen molar-refractivity contribution in [2.24, 2.45) is 0 Å². The summed E-state index contributed by atoms with van der Waals surface area (Å²) < 4.78 is 0. The smallest absolute Gasteiger partial charge is 0.0583 e. The monoisotopic (exact) mass is 218 g/mol. The molecular formula is C12H14N2S. The predicted octanol–water partition coefficient (Wildman–Crippen LogP) is 2.76. The van der Waals surface area contributed by atoms with Crippen molar-refractivity contribution in [1.29, 1.82) is 0 Å². The van der Waals surface area contributed by atoms with Gasteiger partial charge in [-0.15, -0.1) is 0 Å². The summed E-state index contributed by atoms with van der Waals surface area (Å²) in [5.74, 6) is 0. The van der Waals surface area contributed by atoms with Crippen LogP contribution >= 0.6 is 11.3 Å². The molecule has 2 rings (SSSR count). The number of hydrogen-bond donors (Lipinski definition) is 1. The van der Waals surface area contributed by atoms with E-state index in [1.807, 2.05) is 20.2 Å². The van der Waals surface area contributed by atoms with E-state index in [0.29, 0.717) is 0 Å². The Hall–Kier alpha value is -1.19. The van der Waals surface area contributed by atoms with Crippen molar-refractivity contribution in [2.75, 3.05) is 7.05 Å². The molecule has 3 heteroatoms. The van der Waals surface area contributed by atoms with Crippen molar-refractivity contribution >= 4 is 11.3 Å². The lowest BCUT2D eigenvalue weighted by atomic mass is 10.0. The minimum absolute atomic E-state index is 0.276. The Labute approximate surface area is 94.0 Å². The largest absolute Gasteiger partial charge is 0.309 e. The molecule has 2 aromatic heterocycles. The maximum Gasteiger partial charge on any atom is 0.0583 e. The summed E-state index contributed by atoms with van der Waals surface area (Å²) in [7, 11) is 1.98. The van der Waals surface area contributed by atoms with Gasteiger partial charge in [-0.3, -0.25) is 4.98 Å². The van der Waals surface area contributed by atoms with Gasteiger partial charge in [-0.05, 0) is 54.1 Å². The molecule has 0 aliphatic carbocycles. The minimum atomic E-state index is 0.276. The van der Waals surface area contributed by atoms with Gasteiger partial charge in [-0.25, -0.2) is 0 Å². The van der Waals surface area contributed by atoms with E-state index in [1.54, 1.807) is 11.3 Å². The highest BCUT2D eigenvalue weighted by molar-refractivity contribution is 7.08. The van der Waals surface area contributed by atoms with E-state index in [4.69, 9.17) is 0 Å². The average molecular weight is 218 g/mol. The zero-order chi connectivity index (χ0) is 10.7. The number of aryl methyl sites for hydroxylation is 1. The van der Waals surface area contributed by atoms with Gasteiger partial charge in [0, 0.05) is 11.9 Å². The number of rotatable bonds is 3. The van der Waals surface area contributed by atoms with Crippen LogP contribution in [0, 0.1) is 6.92 Å². The van der Waals surface area contributed by atoms with Gasteiger partial charge in [0.15, 0.2) is 0 Å². The first-order chi connectivity index (χ1) is 7.31. The predicted molar refractivity (Wildman–Crippen MR) is 64.2 cm³/mol. The molecule has 0 bridgehead atoms. The van der Waals surface area contributed by atoms with Crippen LogP contribution in [0.25, 0.3) is 0 Å². The maximum absolute atomic E-state index is 4.21. The molecule has 0 aliphatic rings. The fourth-order valence-corrected chi connectivity index (χ4v) is 2.40. The highest BCUT2D eigenvalue weighted by atomic mass is 32.1. The summed E-state index contributed by atoms with van der Waals surface area (Å²) in [5.41, 5.74) is 3.64. The fourth-order valence-electron chi connectivity index (χ4n) is 1.71. The van der Waals surface area contributed by atoms with Crippen LogP contribution in [0.15, 0.2) is 35.2 Å². The van der Waals surface area contributed by atoms with Gasteiger partial charge >= 0.3 is 0 Å². The molecule has 0 aromatic carbocycles. The highest BCUT2D eigenvalue weighted by Gasteiger charge is 2.11. The molecule has 0 aliphatic heterocycles. The summed E-state index contributed by atoms with van der Waals surface area (Å²) in [6.45, 7) is 2.02. The molecule has 2 nitrogen and oxygen atoms in total. The van der Waals surface area contributed by atoms with Crippen LogP contribution < -0.4 is 5.32 Å². The summed E-state index contributed by atoms with van der Waals surface area (Å²) in [4.78, 5) is 4.21. The third-order valence-corrected chi connectivity index (χ3v) is 3.12. The summed E-state index contributed by atoms with van der Waals surface area (Å²) in [6.07, 6.45) is 1.86. The molecule has 78 valence electrons. The number of nitrogens with one attached hydrogen (secondary N) is 1. The molecule has 0 spiro atoms. The summed E-state index contributed by atoms with van der Waals surface area (Å²) in [5, 5.41) is 7.61. The quantitative estimate of drug-likeness (QED) is 0.857. The molecule has 0 saturated heterocycles. The van der Waals surface area contributed by atoms with Crippen LogP contribution in [0.3, 0.4) is 0 Å². The Morgan fingerprint density at radius 3 is 2.80 bits per heavy atom. The lowest BCUT2D eigenvalue weighted by molar-refractivity contribution is 0.692. The number of hydrogen-bond acceptors (Lipinski definition) is 3. The van der Waals surface area contributed by atoms with E-state index in [0.717, 1.165) is 5.69 Å². The van der Waals surface area contributed by atoms with Gasteiger partial charge in [0.2, 0.25) is 0 Å². The Balaban J connectivity index is 2.35. The molecule has 1 N–H and O–H groups in total. The second-order valence-electron chi connectivity index (χ2n) is 3.51. The van der Waals surface area contributed by atoms with Crippen molar-refractivity contribution in [3.8, 4) is 0 Å². The maximum atomic E-state index is 4.21. The Morgan fingerprint density at radius 2 is 2.20 bits per heavy atom. The van der Waals surface area contributed by atoms with E-state index in [-0.39, 0.29) is 6.04 Å². The van der Waals surface area contributed by atoms with Crippen LogP contribution in [0.5, 0.6) is 0 Å². The first kappa shape index (κ1) is 10.3. The molecule has 0 saturated carbocycles. The second-order valence-corrected chi connectivity index (χ2v) is 4.29. The van der Waals surface area contributed by atoms with E-state index >= 15 is 0 Å². The summed E-state index contributed by atoms with van der Waals surface area (Å²) >= 11 is 1.73. The molecule has 0 fully saturated rings. The lowest BCUT2D eigenvalue weighted by Crippen LogP contribution is -2.17. The first-order valence-corrected chi connectivity index (χ1v) is 5.87. The van der Waals surface area contributed by atoms with Gasteiger partial charge < -0.3 is 5.32 Å². The minimum Gasteiger partial charge on any atom is -0.309 e. The third kappa shape index (κ3) is 2.25. The highest BCUT2D eigenvalue weighted by Crippen LogP contribution is 2.23. The molecule has 2 heterocycles. The van der Waals surface area contributed by atoms with Crippen molar-refractivity contribution in [3.63, 3.8) is 0 Å². The van der Waals surface area contributed by atoms with E-state index < -0.39 is 0 Å². The van der Waals surface area contributed by atoms with Crippen LogP contribution in [-0.2, 0) is 0 Å². The van der Waals surface area contributed by atoms with Crippen molar-refractivity contribution in [1.82, 2.24) is 10.3 Å². The van der Waals surface area contributed by atoms with Gasteiger partial charge in [-0.1, -0.05) is 0 Å². The molecule has 15 heavy (non-hydrogen) atoms. The van der Waals surface area contributed by atoms with Crippen LogP contribution in [0.4, 0.5) is 0 Å². The standard InChI is InChI=1S/C12H14N2S/c1-9-7-10(3-5-14-9)12(13-2)11-4-6-15-8-11/h3-8,12-13H,1-2H3. The van der Waals surface area contributed by atoms with Crippen molar-refractivity contribution < 1.29 is 0 Å². The van der Waals surface area contributed by atoms with Gasteiger partial charge in [0.25, 0.3) is 0 Å². The van der Waals surface area contributed by atoms with Gasteiger partial charge in [-0.2, -0.15) is 11.3 Å². The first-order valence-electron chi connectivity index (χ1n) is 4.93. The molecule has 1 unspecified atom stereocenters. The second kappa shape index (κ2) is 4.55. The van der Waals surface area contributed by atoms with Crippen LogP contribution in [-0.4, -0.2) is 12.0 Å². The topological polar surface area (TPSA) is 24.9 Å². The molecular weight excluding hydrogens is 204 g/mol. The van der Waals surface area contributed by atoms with E-state index in [2.05, 4.69) is 39.3 Å².